The molecule has 6 heteroatoms. The van der Waals surface area contributed by atoms with Gasteiger partial charge in [0, 0.05) is 0 Å². The molecule has 0 aliphatic rings. The van der Waals surface area contributed by atoms with E-state index in [1.165, 1.54) is 12.1 Å². The molecule has 0 saturated carbocycles. The van der Waals surface area contributed by atoms with Crippen molar-refractivity contribution in [2.45, 2.75) is 6.92 Å². The molecule has 0 amide bonds. The molecule has 2 aromatic carbocycles. The Morgan fingerprint density at radius 1 is 1.21 bits per heavy atom. The van der Waals surface area contributed by atoms with Crippen molar-refractivity contribution in [3.8, 4) is 0 Å². The number of hydrogen-bond donors (Lipinski definition) is 1. The van der Waals surface area contributed by atoms with Gasteiger partial charge in [-0.3, -0.25) is 4.55 Å². The van der Waals surface area contributed by atoms with Crippen LogP contribution in [0.4, 0.5) is 15.8 Å². The van der Waals surface area contributed by atoms with Crippen molar-refractivity contribution in [2.75, 3.05) is 4.31 Å². The van der Waals surface area contributed by atoms with Crippen LogP contribution in [-0.2, 0) is 11.3 Å². The molecule has 0 saturated heterocycles. The summed E-state index contributed by atoms with van der Waals surface area (Å²) in [5.74, 6) is -0.499. The van der Waals surface area contributed by atoms with Crippen LogP contribution in [0.3, 0.4) is 0 Å². The lowest BCUT2D eigenvalue weighted by molar-refractivity contribution is 0.564. The molecule has 0 heterocycles. The van der Waals surface area contributed by atoms with Crippen LogP contribution in [0.1, 0.15) is 5.56 Å². The first-order valence-corrected chi connectivity index (χ1v) is 6.86. The van der Waals surface area contributed by atoms with Crippen LogP contribution in [0.2, 0.25) is 5.02 Å². The maximum absolute atomic E-state index is 13.0. The highest BCUT2D eigenvalue weighted by atomic mass is 35.5. The van der Waals surface area contributed by atoms with Gasteiger partial charge in [0.05, 0.1) is 16.4 Å². The largest absolute Gasteiger partial charge is 0.289 e. The lowest BCUT2D eigenvalue weighted by Gasteiger charge is -2.21. The summed E-state index contributed by atoms with van der Waals surface area (Å²) in [5, 5.41) is 0.0722. The van der Waals surface area contributed by atoms with Crippen LogP contribution in [0.25, 0.3) is 0 Å². The number of nitrogens with zero attached hydrogens (tertiary/aromatic N) is 1. The second-order valence-corrected chi connectivity index (χ2v) is 5.19. The summed E-state index contributed by atoms with van der Waals surface area (Å²) in [6, 6.07) is 10.7. The number of rotatable bonds is 3. The van der Waals surface area contributed by atoms with E-state index < -0.39 is 17.1 Å². The molecule has 100 valence electrons. The first kappa shape index (κ1) is 14.0. The van der Waals surface area contributed by atoms with E-state index in [2.05, 4.69) is 0 Å². The van der Waals surface area contributed by atoms with Gasteiger partial charge in [-0.15, -0.1) is 0 Å². The molecule has 2 rings (SSSR count). The summed E-state index contributed by atoms with van der Waals surface area (Å²) in [6.45, 7) is 1.91. The van der Waals surface area contributed by atoms with Gasteiger partial charge in [0.1, 0.15) is 5.82 Å². The van der Waals surface area contributed by atoms with E-state index in [0.717, 1.165) is 15.9 Å². The molecule has 3 nitrogen and oxygen atoms in total. The van der Waals surface area contributed by atoms with Crippen LogP contribution in [0.5, 0.6) is 0 Å². The van der Waals surface area contributed by atoms with Crippen molar-refractivity contribution in [1.29, 1.82) is 0 Å². The van der Waals surface area contributed by atoms with Crippen molar-refractivity contribution in [1.82, 2.24) is 0 Å². The van der Waals surface area contributed by atoms with Gasteiger partial charge in [-0.05, 0) is 37.3 Å². The standard InChI is InChI=1S/C13H11ClFNO2S/c1-9-2-5-11(6-3-9)16(19(17)18)13-7-4-10(15)8-12(13)14/h2-8H,1H3,(H,17,18). The third-order valence-electron chi connectivity index (χ3n) is 2.55. The highest BCUT2D eigenvalue weighted by Crippen LogP contribution is 2.33. The molecule has 0 fully saturated rings. The third kappa shape index (κ3) is 3.12. The molecule has 1 unspecified atom stereocenters. The molecule has 0 radical (unpaired) electrons. The molecule has 0 aliphatic heterocycles. The fourth-order valence-corrected chi connectivity index (χ4v) is 2.57. The van der Waals surface area contributed by atoms with Crippen LogP contribution in [0, 0.1) is 12.7 Å². The van der Waals surface area contributed by atoms with Crippen LogP contribution in [-0.4, -0.2) is 8.76 Å². The van der Waals surface area contributed by atoms with Gasteiger partial charge in [-0.25, -0.2) is 12.9 Å². The van der Waals surface area contributed by atoms with E-state index in [4.69, 9.17) is 11.6 Å². The number of anilines is 2. The van der Waals surface area contributed by atoms with Crippen molar-refractivity contribution in [3.63, 3.8) is 0 Å². The number of benzene rings is 2. The Labute approximate surface area is 118 Å². The Balaban J connectivity index is 2.51. The van der Waals surface area contributed by atoms with Gasteiger partial charge in [0.2, 0.25) is 0 Å². The summed E-state index contributed by atoms with van der Waals surface area (Å²) < 4.78 is 35.1. The highest BCUT2D eigenvalue weighted by Gasteiger charge is 2.18. The summed E-state index contributed by atoms with van der Waals surface area (Å²) >= 11 is 3.62. The lowest BCUT2D eigenvalue weighted by Crippen LogP contribution is -2.19. The average Bonchev–Trinajstić information content (AvgIpc) is 2.34. The first-order chi connectivity index (χ1) is 8.99. The van der Waals surface area contributed by atoms with Gasteiger partial charge in [-0.1, -0.05) is 29.3 Å². The van der Waals surface area contributed by atoms with Gasteiger partial charge in [0.25, 0.3) is 11.3 Å². The van der Waals surface area contributed by atoms with Crippen molar-refractivity contribution < 1.29 is 13.2 Å². The smallest absolute Gasteiger partial charge is 0.266 e. The second-order valence-electron chi connectivity index (χ2n) is 3.96. The Morgan fingerprint density at radius 3 is 2.37 bits per heavy atom. The first-order valence-electron chi connectivity index (χ1n) is 5.42. The molecule has 0 spiro atoms. The summed E-state index contributed by atoms with van der Waals surface area (Å²) in [4.78, 5) is 0. The van der Waals surface area contributed by atoms with E-state index in [-0.39, 0.29) is 10.7 Å². The number of halogens is 2. The van der Waals surface area contributed by atoms with Gasteiger partial charge < -0.3 is 0 Å². The molecular formula is C13H11ClFNO2S. The molecule has 0 aromatic heterocycles. The minimum absolute atomic E-state index is 0.0722. The zero-order chi connectivity index (χ0) is 14.0. The monoisotopic (exact) mass is 299 g/mol. The van der Waals surface area contributed by atoms with E-state index in [0.29, 0.717) is 5.69 Å². The number of aryl methyl sites for hydroxylation is 1. The fourth-order valence-electron chi connectivity index (χ4n) is 1.64. The lowest BCUT2D eigenvalue weighted by atomic mass is 10.2. The van der Waals surface area contributed by atoms with E-state index in [1.54, 1.807) is 12.1 Å². The second kappa shape index (κ2) is 5.69. The predicted molar refractivity (Wildman–Crippen MR) is 75.5 cm³/mol. The Bertz CT molecular complexity index is 619. The molecule has 0 bridgehead atoms. The zero-order valence-corrected chi connectivity index (χ0v) is 11.6. The molecule has 19 heavy (non-hydrogen) atoms. The van der Waals surface area contributed by atoms with Crippen molar-refractivity contribution >= 4 is 34.2 Å². The highest BCUT2D eigenvalue weighted by molar-refractivity contribution is 7.81. The molecule has 1 atom stereocenters. The Hall–Kier alpha value is -1.43. The maximum Gasteiger partial charge on any atom is 0.266 e. The topological polar surface area (TPSA) is 40.5 Å². The van der Waals surface area contributed by atoms with Crippen molar-refractivity contribution in [2.24, 2.45) is 0 Å². The average molecular weight is 300 g/mol. The summed E-state index contributed by atoms with van der Waals surface area (Å²) in [6.07, 6.45) is 0. The van der Waals surface area contributed by atoms with Gasteiger partial charge >= 0.3 is 0 Å². The van der Waals surface area contributed by atoms with Crippen LogP contribution < -0.4 is 4.31 Å². The molecule has 0 aliphatic carbocycles. The van der Waals surface area contributed by atoms with E-state index in [1.807, 2.05) is 19.1 Å². The summed E-state index contributed by atoms with van der Waals surface area (Å²) in [5.41, 5.74) is 1.80. The Morgan fingerprint density at radius 2 is 1.84 bits per heavy atom. The Kier molecular flexibility index (Phi) is 4.19. The molecular weight excluding hydrogens is 289 g/mol. The van der Waals surface area contributed by atoms with E-state index >= 15 is 0 Å². The SMILES string of the molecule is Cc1ccc(N(c2ccc(F)cc2Cl)S(=O)O)cc1. The third-order valence-corrected chi connectivity index (χ3v) is 3.58. The normalized spacial score (nSPS) is 12.2. The predicted octanol–water partition coefficient (Wildman–Crippen LogP) is 4.06. The summed E-state index contributed by atoms with van der Waals surface area (Å²) in [7, 11) is 0. The van der Waals surface area contributed by atoms with Crippen LogP contribution >= 0.6 is 11.6 Å². The molecule has 2 aromatic rings. The molecule has 1 N–H and O–H groups in total. The fraction of sp³-hybridized carbons (Fsp3) is 0.0769. The van der Waals surface area contributed by atoms with Crippen molar-refractivity contribution in [3.05, 3.63) is 58.9 Å². The quantitative estimate of drug-likeness (QED) is 0.868. The van der Waals surface area contributed by atoms with Crippen LogP contribution in [0.15, 0.2) is 42.5 Å². The van der Waals surface area contributed by atoms with E-state index in [9.17, 15) is 13.2 Å². The zero-order valence-electron chi connectivity index (χ0n) is 10.0. The maximum atomic E-state index is 13.0. The minimum Gasteiger partial charge on any atom is -0.289 e. The number of hydrogen-bond acceptors (Lipinski definition) is 1. The van der Waals surface area contributed by atoms with Gasteiger partial charge in [-0.2, -0.15) is 0 Å². The van der Waals surface area contributed by atoms with Gasteiger partial charge in [0.15, 0.2) is 0 Å². The minimum atomic E-state index is -2.30.